The zero-order valence-electron chi connectivity index (χ0n) is 11.7. The summed E-state index contributed by atoms with van der Waals surface area (Å²) in [4.78, 5) is 0. The molecular weight excluding hydrogens is 343 g/mol. The van der Waals surface area contributed by atoms with Gasteiger partial charge in [0.1, 0.15) is 18.1 Å². The van der Waals surface area contributed by atoms with E-state index in [0.29, 0.717) is 29.1 Å². The third-order valence-electron chi connectivity index (χ3n) is 3.09. The van der Waals surface area contributed by atoms with Gasteiger partial charge < -0.3 is 9.47 Å². The quantitative estimate of drug-likeness (QED) is 0.623. The molecular formula is C15H12Cl2N2O2S. The van der Waals surface area contributed by atoms with E-state index in [0.717, 1.165) is 21.3 Å². The summed E-state index contributed by atoms with van der Waals surface area (Å²) >= 11 is 13.7. The third kappa shape index (κ3) is 3.03. The van der Waals surface area contributed by atoms with Crippen LogP contribution in [-0.2, 0) is 4.74 Å². The number of hydrogen-bond acceptors (Lipinski definition) is 5. The topological polar surface area (TPSA) is 44.2 Å². The highest BCUT2D eigenvalue weighted by Gasteiger charge is 2.15. The molecule has 7 heteroatoms. The molecule has 0 radical (unpaired) electrons. The molecule has 0 fully saturated rings. The highest BCUT2D eigenvalue weighted by molar-refractivity contribution is 7.17. The van der Waals surface area contributed by atoms with E-state index in [4.69, 9.17) is 32.7 Å². The third-order valence-corrected chi connectivity index (χ3v) is 4.62. The standard InChI is InChI=1S/C15H12Cl2N2O2S/c1-20-5-6-21-12-8-9(16)2-3-10(12)13-11-4-7-22-14(11)15(17)19-18-13/h2-4,7-8H,5-6H2,1H3. The summed E-state index contributed by atoms with van der Waals surface area (Å²) in [5.74, 6) is 0.647. The molecule has 0 atom stereocenters. The summed E-state index contributed by atoms with van der Waals surface area (Å²) in [5.41, 5.74) is 1.55. The number of benzene rings is 1. The fraction of sp³-hybridized carbons (Fsp3) is 0.200. The number of thiophene rings is 1. The molecule has 0 aliphatic carbocycles. The average molecular weight is 355 g/mol. The minimum Gasteiger partial charge on any atom is -0.490 e. The maximum Gasteiger partial charge on any atom is 0.169 e. The number of aromatic nitrogens is 2. The number of methoxy groups -OCH3 is 1. The van der Waals surface area contributed by atoms with Gasteiger partial charge in [0.2, 0.25) is 0 Å². The van der Waals surface area contributed by atoms with Gasteiger partial charge in [-0.1, -0.05) is 23.2 Å². The van der Waals surface area contributed by atoms with E-state index in [-0.39, 0.29) is 0 Å². The highest BCUT2D eigenvalue weighted by Crippen LogP contribution is 2.38. The molecule has 0 saturated heterocycles. The van der Waals surface area contributed by atoms with Gasteiger partial charge in [0, 0.05) is 23.1 Å². The number of fused-ring (bicyclic) bond motifs is 1. The Balaban J connectivity index is 2.09. The number of halogens is 2. The maximum atomic E-state index is 6.09. The van der Waals surface area contributed by atoms with E-state index in [1.807, 2.05) is 17.5 Å². The molecule has 0 unspecified atom stereocenters. The first-order valence-electron chi connectivity index (χ1n) is 6.51. The summed E-state index contributed by atoms with van der Waals surface area (Å²) in [6.45, 7) is 0.920. The van der Waals surface area contributed by atoms with E-state index in [1.54, 1.807) is 19.2 Å². The van der Waals surface area contributed by atoms with Crippen LogP contribution in [0.25, 0.3) is 21.3 Å². The van der Waals surface area contributed by atoms with Crippen molar-refractivity contribution in [1.82, 2.24) is 10.2 Å². The Kier molecular flexibility index (Phi) is 4.78. The molecule has 1 aromatic carbocycles. The molecule has 3 aromatic rings. The van der Waals surface area contributed by atoms with Gasteiger partial charge in [-0.15, -0.1) is 21.5 Å². The number of nitrogens with zero attached hydrogens (tertiary/aromatic N) is 2. The molecule has 2 heterocycles. The van der Waals surface area contributed by atoms with E-state index < -0.39 is 0 Å². The zero-order chi connectivity index (χ0) is 15.5. The Morgan fingerprint density at radius 1 is 1.14 bits per heavy atom. The van der Waals surface area contributed by atoms with Gasteiger partial charge in [0.15, 0.2) is 5.15 Å². The first-order chi connectivity index (χ1) is 10.7. The SMILES string of the molecule is COCCOc1cc(Cl)ccc1-c1nnc(Cl)c2sccc12. The van der Waals surface area contributed by atoms with Crippen LogP contribution in [0.1, 0.15) is 0 Å². The van der Waals surface area contributed by atoms with Crippen LogP contribution < -0.4 is 4.74 Å². The van der Waals surface area contributed by atoms with E-state index >= 15 is 0 Å². The molecule has 0 aliphatic rings. The van der Waals surface area contributed by atoms with Gasteiger partial charge in [0.05, 0.1) is 11.3 Å². The summed E-state index contributed by atoms with van der Waals surface area (Å²) in [6.07, 6.45) is 0. The first kappa shape index (κ1) is 15.5. The Morgan fingerprint density at radius 2 is 2.00 bits per heavy atom. The van der Waals surface area contributed by atoms with Crippen LogP contribution in [0.3, 0.4) is 0 Å². The van der Waals surface area contributed by atoms with Crippen molar-refractivity contribution in [3.63, 3.8) is 0 Å². The Bertz CT molecular complexity index is 807. The molecule has 0 saturated carbocycles. The number of ether oxygens (including phenoxy) is 2. The minimum atomic E-state index is 0.407. The van der Waals surface area contributed by atoms with Crippen LogP contribution in [0.4, 0.5) is 0 Å². The maximum absolute atomic E-state index is 6.09. The molecule has 3 rings (SSSR count). The van der Waals surface area contributed by atoms with E-state index in [9.17, 15) is 0 Å². The lowest BCUT2D eigenvalue weighted by Gasteiger charge is -2.12. The van der Waals surface area contributed by atoms with Crippen LogP contribution in [0.5, 0.6) is 5.75 Å². The summed E-state index contributed by atoms with van der Waals surface area (Å²) in [6, 6.07) is 7.42. The largest absolute Gasteiger partial charge is 0.490 e. The van der Waals surface area contributed by atoms with Gasteiger partial charge >= 0.3 is 0 Å². The summed E-state index contributed by atoms with van der Waals surface area (Å²) < 4.78 is 11.7. The molecule has 0 aliphatic heterocycles. The monoisotopic (exact) mass is 354 g/mol. The van der Waals surface area contributed by atoms with Crippen molar-refractivity contribution in [2.24, 2.45) is 0 Å². The predicted octanol–water partition coefficient (Wildman–Crippen LogP) is 4.69. The van der Waals surface area contributed by atoms with Gasteiger partial charge in [-0.25, -0.2) is 0 Å². The van der Waals surface area contributed by atoms with E-state index in [2.05, 4.69) is 10.2 Å². The molecule has 0 amide bonds. The Morgan fingerprint density at radius 3 is 2.82 bits per heavy atom. The highest BCUT2D eigenvalue weighted by atomic mass is 35.5. The number of hydrogen-bond donors (Lipinski definition) is 0. The molecule has 0 bridgehead atoms. The lowest BCUT2D eigenvalue weighted by Crippen LogP contribution is -2.05. The molecule has 0 N–H and O–H groups in total. The second-order valence-electron chi connectivity index (χ2n) is 4.48. The zero-order valence-corrected chi connectivity index (χ0v) is 14.0. The van der Waals surface area contributed by atoms with Gasteiger partial charge in [-0.3, -0.25) is 0 Å². The molecule has 0 spiro atoms. The number of rotatable bonds is 5. The Hall–Kier alpha value is -1.40. The van der Waals surface area contributed by atoms with Crippen molar-refractivity contribution in [2.45, 2.75) is 0 Å². The van der Waals surface area contributed by atoms with Crippen LogP contribution >= 0.6 is 34.5 Å². The summed E-state index contributed by atoms with van der Waals surface area (Å²) in [5, 5.41) is 12.2. The lowest BCUT2D eigenvalue weighted by molar-refractivity contribution is 0.146. The normalized spacial score (nSPS) is 11.0. The summed E-state index contributed by atoms with van der Waals surface area (Å²) in [7, 11) is 1.63. The van der Waals surface area contributed by atoms with Crippen LogP contribution in [0.15, 0.2) is 29.6 Å². The molecule has 22 heavy (non-hydrogen) atoms. The van der Waals surface area contributed by atoms with Gasteiger partial charge in [-0.2, -0.15) is 0 Å². The van der Waals surface area contributed by atoms with Crippen LogP contribution in [-0.4, -0.2) is 30.5 Å². The van der Waals surface area contributed by atoms with Crippen molar-refractivity contribution < 1.29 is 9.47 Å². The van der Waals surface area contributed by atoms with Crippen molar-refractivity contribution in [3.05, 3.63) is 39.8 Å². The Labute approximate surface area is 141 Å². The van der Waals surface area contributed by atoms with Gasteiger partial charge in [-0.05, 0) is 29.6 Å². The lowest BCUT2D eigenvalue weighted by atomic mass is 10.1. The van der Waals surface area contributed by atoms with Crippen molar-refractivity contribution in [2.75, 3.05) is 20.3 Å². The van der Waals surface area contributed by atoms with Crippen molar-refractivity contribution in [3.8, 4) is 17.0 Å². The molecule has 2 aromatic heterocycles. The second-order valence-corrected chi connectivity index (χ2v) is 6.20. The molecule has 4 nitrogen and oxygen atoms in total. The van der Waals surface area contributed by atoms with Crippen LogP contribution in [0, 0.1) is 0 Å². The average Bonchev–Trinajstić information content (AvgIpc) is 2.99. The van der Waals surface area contributed by atoms with Crippen LogP contribution in [0.2, 0.25) is 10.2 Å². The second kappa shape index (κ2) is 6.79. The minimum absolute atomic E-state index is 0.407. The van der Waals surface area contributed by atoms with Crippen molar-refractivity contribution >= 4 is 44.6 Å². The van der Waals surface area contributed by atoms with Crippen molar-refractivity contribution in [1.29, 1.82) is 0 Å². The van der Waals surface area contributed by atoms with Gasteiger partial charge in [0.25, 0.3) is 0 Å². The predicted molar refractivity (Wildman–Crippen MR) is 90.2 cm³/mol. The fourth-order valence-corrected chi connectivity index (χ4v) is 3.30. The fourth-order valence-electron chi connectivity index (χ4n) is 2.09. The molecule has 114 valence electrons. The smallest absolute Gasteiger partial charge is 0.169 e. The first-order valence-corrected chi connectivity index (χ1v) is 8.15. The van der Waals surface area contributed by atoms with E-state index in [1.165, 1.54) is 11.3 Å².